The summed E-state index contributed by atoms with van der Waals surface area (Å²) in [5, 5.41) is 17.2. The molecule has 1 fully saturated rings. The van der Waals surface area contributed by atoms with Gasteiger partial charge in [0.1, 0.15) is 0 Å². The molecule has 0 radical (unpaired) electrons. The number of aliphatic carboxylic acids is 1. The van der Waals surface area contributed by atoms with Gasteiger partial charge in [0.05, 0.1) is 24.0 Å². The number of carbonyl (C=O) groups is 2. The molecule has 144 valence electrons. The lowest BCUT2D eigenvalue weighted by molar-refractivity contribution is -0.138. The van der Waals surface area contributed by atoms with Gasteiger partial charge in [-0.1, -0.05) is 32.0 Å². The lowest BCUT2D eigenvalue weighted by Gasteiger charge is -2.27. The molecule has 1 saturated heterocycles. The van der Waals surface area contributed by atoms with Gasteiger partial charge in [-0.3, -0.25) is 14.4 Å². The molecule has 1 aromatic carbocycles. The van der Waals surface area contributed by atoms with E-state index in [2.05, 4.69) is 10.4 Å². The standard InChI is InChI=1S/C19H23N3O5/c1-12(2)10-22-18(26)14-6-4-3-5-13(14)16(21-22)17(25)20-19(9-15(23)24)7-8-27-11-19/h3-6,12H,7-11H2,1-2H3,(H,20,25)(H,23,24). The lowest BCUT2D eigenvalue weighted by Crippen LogP contribution is -2.51. The molecular formula is C19H23N3O5. The Hall–Kier alpha value is -2.74. The van der Waals surface area contributed by atoms with E-state index in [-0.39, 0.29) is 30.2 Å². The largest absolute Gasteiger partial charge is 0.481 e. The van der Waals surface area contributed by atoms with Gasteiger partial charge < -0.3 is 15.2 Å². The van der Waals surface area contributed by atoms with Crippen molar-refractivity contribution in [2.45, 2.75) is 38.8 Å². The van der Waals surface area contributed by atoms with Crippen LogP contribution in [-0.4, -0.2) is 45.5 Å². The fourth-order valence-electron chi connectivity index (χ4n) is 3.35. The third kappa shape index (κ3) is 4.00. The van der Waals surface area contributed by atoms with Crippen LogP contribution in [0.15, 0.2) is 29.1 Å². The van der Waals surface area contributed by atoms with E-state index in [4.69, 9.17) is 4.74 Å². The predicted octanol–water partition coefficient (Wildman–Crippen LogP) is 1.42. The molecule has 8 heteroatoms. The first-order valence-corrected chi connectivity index (χ1v) is 8.93. The van der Waals surface area contributed by atoms with Crippen molar-refractivity contribution in [3.05, 3.63) is 40.3 Å². The highest BCUT2D eigenvalue weighted by molar-refractivity contribution is 6.05. The Kier molecular flexibility index (Phi) is 5.27. The molecule has 27 heavy (non-hydrogen) atoms. The minimum absolute atomic E-state index is 0.113. The summed E-state index contributed by atoms with van der Waals surface area (Å²) in [4.78, 5) is 36.9. The number of carboxylic acid groups (broad SMARTS) is 1. The number of hydrogen-bond donors (Lipinski definition) is 2. The van der Waals surface area contributed by atoms with E-state index in [9.17, 15) is 19.5 Å². The van der Waals surface area contributed by atoms with E-state index in [0.717, 1.165) is 0 Å². The van der Waals surface area contributed by atoms with Crippen molar-refractivity contribution in [2.24, 2.45) is 5.92 Å². The number of rotatable bonds is 6. The zero-order chi connectivity index (χ0) is 19.6. The molecule has 1 amide bonds. The molecule has 2 aromatic rings. The number of amides is 1. The summed E-state index contributed by atoms with van der Waals surface area (Å²) in [6.45, 7) is 4.82. The number of benzene rings is 1. The fourth-order valence-corrected chi connectivity index (χ4v) is 3.35. The normalized spacial score (nSPS) is 19.5. The monoisotopic (exact) mass is 373 g/mol. The Balaban J connectivity index is 2.04. The first kappa shape index (κ1) is 19.0. The quantitative estimate of drug-likeness (QED) is 0.792. The van der Waals surface area contributed by atoms with E-state index in [1.807, 2.05) is 13.8 Å². The van der Waals surface area contributed by atoms with Gasteiger partial charge in [0.25, 0.3) is 11.5 Å². The minimum atomic E-state index is -1.01. The highest BCUT2D eigenvalue weighted by Crippen LogP contribution is 2.24. The predicted molar refractivity (Wildman–Crippen MR) is 98.7 cm³/mol. The van der Waals surface area contributed by atoms with Crippen LogP contribution in [0.5, 0.6) is 0 Å². The zero-order valence-electron chi connectivity index (χ0n) is 15.4. The van der Waals surface area contributed by atoms with Crippen LogP contribution in [0, 0.1) is 5.92 Å². The van der Waals surface area contributed by atoms with Gasteiger partial charge in [0, 0.05) is 18.5 Å². The SMILES string of the molecule is CC(C)Cn1nc(C(=O)NC2(CC(=O)O)CCOC2)c2ccccc2c1=O. The smallest absolute Gasteiger partial charge is 0.305 e. The summed E-state index contributed by atoms with van der Waals surface area (Å²) in [5.41, 5.74) is -1.10. The Bertz CT molecular complexity index is 929. The topological polar surface area (TPSA) is 111 Å². The molecule has 1 aliphatic heterocycles. The van der Waals surface area contributed by atoms with Gasteiger partial charge in [-0.2, -0.15) is 5.10 Å². The van der Waals surface area contributed by atoms with Gasteiger partial charge in [-0.15, -0.1) is 0 Å². The van der Waals surface area contributed by atoms with Crippen molar-refractivity contribution in [3.63, 3.8) is 0 Å². The first-order valence-electron chi connectivity index (χ1n) is 8.93. The maximum Gasteiger partial charge on any atom is 0.305 e. The van der Waals surface area contributed by atoms with Crippen LogP contribution >= 0.6 is 0 Å². The van der Waals surface area contributed by atoms with Crippen LogP contribution in [0.2, 0.25) is 0 Å². The molecular weight excluding hydrogens is 350 g/mol. The van der Waals surface area contributed by atoms with Crippen molar-refractivity contribution in [1.82, 2.24) is 15.1 Å². The van der Waals surface area contributed by atoms with Crippen molar-refractivity contribution < 1.29 is 19.4 Å². The van der Waals surface area contributed by atoms with Crippen LogP contribution in [-0.2, 0) is 16.1 Å². The number of nitrogens with zero attached hydrogens (tertiary/aromatic N) is 2. The van der Waals surface area contributed by atoms with E-state index in [1.165, 1.54) is 4.68 Å². The molecule has 0 aliphatic carbocycles. The van der Waals surface area contributed by atoms with Crippen LogP contribution in [0.3, 0.4) is 0 Å². The number of carboxylic acids is 1. The molecule has 3 rings (SSSR count). The average Bonchev–Trinajstić information content (AvgIpc) is 3.04. The molecule has 1 aliphatic rings. The second-order valence-corrected chi connectivity index (χ2v) is 7.38. The Morgan fingerprint density at radius 2 is 2.04 bits per heavy atom. The average molecular weight is 373 g/mol. The fraction of sp³-hybridized carbons (Fsp3) is 0.474. The van der Waals surface area contributed by atoms with E-state index < -0.39 is 17.4 Å². The molecule has 0 spiro atoms. The first-order chi connectivity index (χ1) is 12.8. The summed E-state index contributed by atoms with van der Waals surface area (Å²) >= 11 is 0. The van der Waals surface area contributed by atoms with Crippen LogP contribution in [0.25, 0.3) is 10.8 Å². The summed E-state index contributed by atoms with van der Waals surface area (Å²) in [5.74, 6) is -1.34. The second-order valence-electron chi connectivity index (χ2n) is 7.38. The van der Waals surface area contributed by atoms with Gasteiger partial charge in [0.2, 0.25) is 0 Å². The molecule has 1 aromatic heterocycles. The number of carbonyl (C=O) groups excluding carboxylic acids is 1. The summed E-state index contributed by atoms with van der Waals surface area (Å²) in [7, 11) is 0. The van der Waals surface area contributed by atoms with Crippen LogP contribution in [0.1, 0.15) is 37.2 Å². The number of aromatic nitrogens is 2. The number of fused-ring (bicyclic) bond motifs is 1. The minimum Gasteiger partial charge on any atom is -0.481 e. The van der Waals surface area contributed by atoms with E-state index >= 15 is 0 Å². The highest BCUT2D eigenvalue weighted by Gasteiger charge is 2.39. The third-order valence-corrected chi connectivity index (χ3v) is 4.59. The number of nitrogens with one attached hydrogen (secondary N) is 1. The maximum atomic E-state index is 13.0. The van der Waals surface area contributed by atoms with Gasteiger partial charge in [-0.05, 0) is 18.4 Å². The maximum absolute atomic E-state index is 13.0. The summed E-state index contributed by atoms with van der Waals surface area (Å²) in [6, 6.07) is 6.81. The third-order valence-electron chi connectivity index (χ3n) is 4.59. The Morgan fingerprint density at radius 3 is 2.63 bits per heavy atom. The number of hydrogen-bond acceptors (Lipinski definition) is 5. The molecule has 1 unspecified atom stereocenters. The molecule has 0 saturated carbocycles. The van der Waals surface area contributed by atoms with Crippen molar-refractivity contribution in [3.8, 4) is 0 Å². The molecule has 2 heterocycles. The Labute approximate surface area is 156 Å². The zero-order valence-corrected chi connectivity index (χ0v) is 15.4. The van der Waals surface area contributed by atoms with Gasteiger partial charge in [-0.25, -0.2) is 4.68 Å². The second kappa shape index (κ2) is 7.48. The van der Waals surface area contributed by atoms with Crippen molar-refractivity contribution >= 4 is 22.6 Å². The molecule has 1 atom stereocenters. The Morgan fingerprint density at radius 1 is 1.33 bits per heavy atom. The summed E-state index contributed by atoms with van der Waals surface area (Å²) < 4.78 is 6.63. The van der Waals surface area contributed by atoms with E-state index in [1.54, 1.807) is 24.3 Å². The van der Waals surface area contributed by atoms with Gasteiger partial charge >= 0.3 is 5.97 Å². The molecule has 8 nitrogen and oxygen atoms in total. The van der Waals surface area contributed by atoms with Gasteiger partial charge in [0.15, 0.2) is 5.69 Å². The van der Waals surface area contributed by atoms with Crippen LogP contribution < -0.4 is 10.9 Å². The highest BCUT2D eigenvalue weighted by atomic mass is 16.5. The van der Waals surface area contributed by atoms with Crippen molar-refractivity contribution in [2.75, 3.05) is 13.2 Å². The summed E-state index contributed by atoms with van der Waals surface area (Å²) in [6.07, 6.45) is 0.177. The molecule has 0 bridgehead atoms. The van der Waals surface area contributed by atoms with E-state index in [0.29, 0.717) is 30.3 Å². The van der Waals surface area contributed by atoms with Crippen molar-refractivity contribution in [1.29, 1.82) is 0 Å². The lowest BCUT2D eigenvalue weighted by atomic mass is 9.94. The molecule has 2 N–H and O–H groups in total. The number of ether oxygens (including phenoxy) is 1. The van der Waals surface area contributed by atoms with Crippen LogP contribution in [0.4, 0.5) is 0 Å².